The lowest BCUT2D eigenvalue weighted by Crippen LogP contribution is -2.14. The number of rotatable bonds is 7. The van der Waals surface area contributed by atoms with E-state index in [1.54, 1.807) is 24.3 Å². The van der Waals surface area contributed by atoms with Crippen LogP contribution in [0.15, 0.2) is 60.8 Å². The van der Waals surface area contributed by atoms with Crippen molar-refractivity contribution in [1.29, 1.82) is 0 Å². The minimum Gasteiger partial charge on any atom is -0.491 e. The van der Waals surface area contributed by atoms with Gasteiger partial charge in [0, 0.05) is 23.1 Å². The van der Waals surface area contributed by atoms with Crippen LogP contribution in [-0.2, 0) is 0 Å². The number of ketones is 1. The monoisotopic (exact) mass is 390 g/mol. The van der Waals surface area contributed by atoms with E-state index in [1.807, 2.05) is 38.1 Å². The van der Waals surface area contributed by atoms with Gasteiger partial charge in [0.25, 0.3) is 5.91 Å². The molecule has 7 heteroatoms. The van der Waals surface area contributed by atoms with Crippen LogP contribution in [0.5, 0.6) is 5.75 Å². The predicted octanol–water partition coefficient (Wildman–Crippen LogP) is 4.46. The fourth-order valence-corrected chi connectivity index (χ4v) is 2.55. The summed E-state index contributed by atoms with van der Waals surface area (Å²) in [7, 11) is 0. The lowest BCUT2D eigenvalue weighted by molar-refractivity contribution is 0.101. The van der Waals surface area contributed by atoms with E-state index in [2.05, 4.69) is 20.6 Å². The molecule has 1 amide bonds. The van der Waals surface area contributed by atoms with Gasteiger partial charge in [-0.1, -0.05) is 0 Å². The summed E-state index contributed by atoms with van der Waals surface area (Å²) in [6.45, 7) is 5.43. The molecule has 7 nitrogen and oxygen atoms in total. The van der Waals surface area contributed by atoms with Crippen molar-refractivity contribution in [1.82, 2.24) is 9.97 Å². The first-order valence-electron chi connectivity index (χ1n) is 9.20. The maximum absolute atomic E-state index is 12.5. The van der Waals surface area contributed by atoms with Gasteiger partial charge < -0.3 is 15.4 Å². The molecule has 0 aliphatic heterocycles. The molecule has 1 aromatic heterocycles. The molecule has 0 radical (unpaired) electrons. The van der Waals surface area contributed by atoms with Crippen molar-refractivity contribution in [2.75, 3.05) is 10.6 Å². The molecule has 148 valence electrons. The van der Waals surface area contributed by atoms with Crippen molar-refractivity contribution in [3.8, 4) is 5.75 Å². The fourth-order valence-electron chi connectivity index (χ4n) is 2.55. The van der Waals surface area contributed by atoms with Gasteiger partial charge in [-0.3, -0.25) is 9.59 Å². The van der Waals surface area contributed by atoms with E-state index in [1.165, 1.54) is 19.2 Å². The van der Waals surface area contributed by atoms with E-state index in [-0.39, 0.29) is 23.5 Å². The summed E-state index contributed by atoms with van der Waals surface area (Å²) < 4.78 is 5.62. The van der Waals surface area contributed by atoms with Crippen LogP contribution in [0.1, 0.15) is 41.6 Å². The number of amides is 1. The Bertz CT molecular complexity index is 999. The van der Waals surface area contributed by atoms with Crippen LogP contribution in [0.25, 0.3) is 0 Å². The Balaban J connectivity index is 1.66. The van der Waals surface area contributed by atoms with Crippen molar-refractivity contribution >= 4 is 29.0 Å². The lowest BCUT2D eigenvalue weighted by atomic mass is 10.1. The topological polar surface area (TPSA) is 93.2 Å². The number of ether oxygens (including phenoxy) is 1. The van der Waals surface area contributed by atoms with Crippen LogP contribution < -0.4 is 15.4 Å². The molecule has 0 aliphatic rings. The molecule has 0 bridgehead atoms. The van der Waals surface area contributed by atoms with Gasteiger partial charge in [-0.25, -0.2) is 9.97 Å². The number of carbonyl (C=O) groups is 2. The number of hydrogen-bond donors (Lipinski definition) is 2. The quantitative estimate of drug-likeness (QED) is 0.579. The van der Waals surface area contributed by atoms with Gasteiger partial charge in [0.2, 0.25) is 5.95 Å². The summed E-state index contributed by atoms with van der Waals surface area (Å²) >= 11 is 0. The van der Waals surface area contributed by atoms with Crippen molar-refractivity contribution in [2.24, 2.45) is 0 Å². The van der Waals surface area contributed by atoms with E-state index >= 15 is 0 Å². The molecule has 0 fully saturated rings. The van der Waals surface area contributed by atoms with E-state index in [0.29, 0.717) is 17.2 Å². The molecule has 29 heavy (non-hydrogen) atoms. The molecule has 0 unspecified atom stereocenters. The van der Waals surface area contributed by atoms with Crippen LogP contribution in [-0.4, -0.2) is 27.8 Å². The molecule has 0 saturated heterocycles. The number of anilines is 3. The number of Topliss-reactive ketones (excluding diaryl/α,β-unsaturated/α-hetero) is 1. The molecule has 2 aromatic carbocycles. The third-order valence-corrected chi connectivity index (χ3v) is 3.92. The van der Waals surface area contributed by atoms with Crippen LogP contribution in [0.3, 0.4) is 0 Å². The summed E-state index contributed by atoms with van der Waals surface area (Å²) in [5.74, 6) is 0.683. The van der Waals surface area contributed by atoms with E-state index in [9.17, 15) is 9.59 Å². The second-order valence-electron chi connectivity index (χ2n) is 6.67. The standard InChI is InChI=1S/C22H22N4O3/c1-14(2)29-19-10-8-18(9-11-19)25-22-23-13-12-20(26-22)21(28)24-17-6-4-16(5-7-17)15(3)27/h4-14H,1-3H3,(H,24,28)(H,23,25,26). The van der Waals surface area contributed by atoms with Gasteiger partial charge in [0.1, 0.15) is 11.4 Å². The smallest absolute Gasteiger partial charge is 0.274 e. The van der Waals surface area contributed by atoms with Gasteiger partial charge in [-0.05, 0) is 75.4 Å². The molecule has 3 rings (SSSR count). The average molecular weight is 390 g/mol. The minimum absolute atomic E-state index is 0.0294. The maximum atomic E-state index is 12.5. The van der Waals surface area contributed by atoms with Gasteiger partial charge in [-0.2, -0.15) is 0 Å². The average Bonchev–Trinajstić information content (AvgIpc) is 2.70. The Morgan fingerprint density at radius 3 is 2.21 bits per heavy atom. The van der Waals surface area contributed by atoms with Crippen LogP contribution in [0.4, 0.5) is 17.3 Å². The van der Waals surface area contributed by atoms with Crippen molar-refractivity contribution in [2.45, 2.75) is 26.9 Å². The third-order valence-electron chi connectivity index (χ3n) is 3.92. The van der Waals surface area contributed by atoms with Crippen molar-refractivity contribution < 1.29 is 14.3 Å². The number of benzene rings is 2. The number of nitrogens with one attached hydrogen (secondary N) is 2. The molecule has 1 heterocycles. The Morgan fingerprint density at radius 2 is 1.59 bits per heavy atom. The SMILES string of the molecule is CC(=O)c1ccc(NC(=O)c2ccnc(Nc3ccc(OC(C)C)cc3)n2)cc1. The largest absolute Gasteiger partial charge is 0.491 e. The van der Waals surface area contributed by atoms with Crippen molar-refractivity contribution in [3.63, 3.8) is 0 Å². The first-order chi connectivity index (χ1) is 13.9. The Labute approximate surface area is 169 Å². The highest BCUT2D eigenvalue weighted by Crippen LogP contribution is 2.19. The normalized spacial score (nSPS) is 10.5. The van der Waals surface area contributed by atoms with Crippen LogP contribution in [0.2, 0.25) is 0 Å². The lowest BCUT2D eigenvalue weighted by Gasteiger charge is -2.11. The summed E-state index contributed by atoms with van der Waals surface area (Å²) in [6.07, 6.45) is 1.62. The van der Waals surface area contributed by atoms with Crippen molar-refractivity contribution in [3.05, 3.63) is 72.1 Å². The molecule has 2 N–H and O–H groups in total. The van der Waals surface area contributed by atoms with Gasteiger partial charge in [0.15, 0.2) is 5.78 Å². The van der Waals surface area contributed by atoms with E-state index in [4.69, 9.17) is 4.74 Å². The number of aromatic nitrogens is 2. The zero-order valence-corrected chi connectivity index (χ0v) is 16.5. The highest BCUT2D eigenvalue weighted by Gasteiger charge is 2.10. The molecule has 0 spiro atoms. The molecule has 3 aromatic rings. The zero-order valence-electron chi connectivity index (χ0n) is 16.5. The van der Waals surface area contributed by atoms with E-state index < -0.39 is 0 Å². The molecule has 0 atom stereocenters. The van der Waals surface area contributed by atoms with Gasteiger partial charge in [-0.15, -0.1) is 0 Å². The zero-order chi connectivity index (χ0) is 20.8. The van der Waals surface area contributed by atoms with Crippen LogP contribution in [0, 0.1) is 0 Å². The molecular formula is C22H22N4O3. The third kappa shape index (κ3) is 5.62. The second-order valence-corrected chi connectivity index (χ2v) is 6.67. The highest BCUT2D eigenvalue weighted by atomic mass is 16.5. The Morgan fingerprint density at radius 1 is 0.931 bits per heavy atom. The predicted molar refractivity (Wildman–Crippen MR) is 112 cm³/mol. The van der Waals surface area contributed by atoms with E-state index in [0.717, 1.165) is 11.4 Å². The summed E-state index contributed by atoms with van der Waals surface area (Å²) in [5.41, 5.74) is 2.16. The number of nitrogens with zero attached hydrogens (tertiary/aromatic N) is 2. The summed E-state index contributed by atoms with van der Waals surface area (Å²) in [5, 5.41) is 5.82. The summed E-state index contributed by atoms with van der Waals surface area (Å²) in [4.78, 5) is 32.2. The molecular weight excluding hydrogens is 368 g/mol. The van der Waals surface area contributed by atoms with Gasteiger partial charge in [0.05, 0.1) is 6.10 Å². The fraction of sp³-hybridized carbons (Fsp3) is 0.182. The Hall–Kier alpha value is -3.74. The summed E-state index contributed by atoms with van der Waals surface area (Å²) in [6, 6.07) is 15.6. The van der Waals surface area contributed by atoms with Gasteiger partial charge >= 0.3 is 0 Å². The van der Waals surface area contributed by atoms with Crippen LogP contribution >= 0.6 is 0 Å². The first kappa shape index (κ1) is 20.0. The second kappa shape index (κ2) is 8.97. The maximum Gasteiger partial charge on any atom is 0.274 e. The first-order valence-corrected chi connectivity index (χ1v) is 9.20. The minimum atomic E-state index is -0.369. The Kier molecular flexibility index (Phi) is 6.19. The molecule has 0 saturated carbocycles. The highest BCUT2D eigenvalue weighted by molar-refractivity contribution is 6.03. The number of carbonyl (C=O) groups excluding carboxylic acids is 2. The number of hydrogen-bond acceptors (Lipinski definition) is 6. The molecule has 0 aliphatic carbocycles.